The minimum Gasteiger partial charge on any atom is -0.497 e. The van der Waals surface area contributed by atoms with Gasteiger partial charge in [-0.15, -0.1) is 0 Å². The normalized spacial score (nSPS) is 11.6. The Balaban J connectivity index is 1.61. The van der Waals surface area contributed by atoms with Crippen molar-refractivity contribution in [2.75, 3.05) is 20.2 Å². The summed E-state index contributed by atoms with van der Waals surface area (Å²) in [7, 11) is 1.63. The SMILES string of the molecule is COc1ccc(C(NCCc2ccncc2)C(=O)NCCc2cccnc2)cc1. The third kappa shape index (κ3) is 6.40. The fourth-order valence-electron chi connectivity index (χ4n) is 3.05. The van der Waals surface area contributed by atoms with Crippen molar-refractivity contribution < 1.29 is 9.53 Å². The molecule has 3 aromatic rings. The Labute approximate surface area is 171 Å². The topological polar surface area (TPSA) is 76.1 Å². The first kappa shape index (κ1) is 20.5. The van der Waals surface area contributed by atoms with Crippen molar-refractivity contribution in [3.63, 3.8) is 0 Å². The van der Waals surface area contributed by atoms with E-state index in [9.17, 15) is 4.79 Å². The minimum absolute atomic E-state index is 0.0474. The maximum Gasteiger partial charge on any atom is 0.241 e. The number of benzene rings is 1. The summed E-state index contributed by atoms with van der Waals surface area (Å²) in [6.45, 7) is 1.24. The Morgan fingerprint density at radius 1 is 0.931 bits per heavy atom. The molecule has 1 atom stereocenters. The van der Waals surface area contributed by atoms with Gasteiger partial charge in [0.2, 0.25) is 5.91 Å². The molecule has 29 heavy (non-hydrogen) atoms. The van der Waals surface area contributed by atoms with E-state index in [1.165, 1.54) is 5.56 Å². The molecular weight excluding hydrogens is 364 g/mol. The summed E-state index contributed by atoms with van der Waals surface area (Å²) in [6, 6.07) is 15.0. The zero-order valence-electron chi connectivity index (χ0n) is 16.5. The molecule has 0 bridgehead atoms. The van der Waals surface area contributed by atoms with E-state index >= 15 is 0 Å². The van der Waals surface area contributed by atoms with Gasteiger partial charge in [-0.25, -0.2) is 0 Å². The molecule has 6 nitrogen and oxygen atoms in total. The molecule has 0 radical (unpaired) electrons. The summed E-state index contributed by atoms with van der Waals surface area (Å²) in [4.78, 5) is 21.0. The first-order valence-corrected chi connectivity index (χ1v) is 9.69. The van der Waals surface area contributed by atoms with Crippen molar-refractivity contribution in [3.05, 3.63) is 90.0 Å². The van der Waals surface area contributed by atoms with E-state index in [1.54, 1.807) is 25.7 Å². The fraction of sp³-hybridized carbons (Fsp3) is 0.261. The monoisotopic (exact) mass is 390 g/mol. The van der Waals surface area contributed by atoms with Crippen LogP contribution in [0.4, 0.5) is 0 Å². The summed E-state index contributed by atoms with van der Waals surface area (Å²) in [5.41, 5.74) is 3.18. The van der Waals surface area contributed by atoms with Gasteiger partial charge >= 0.3 is 0 Å². The van der Waals surface area contributed by atoms with Gasteiger partial charge in [-0.05, 0) is 59.9 Å². The van der Waals surface area contributed by atoms with E-state index in [0.29, 0.717) is 13.1 Å². The molecular formula is C23H26N4O2. The second-order valence-electron chi connectivity index (χ2n) is 6.67. The van der Waals surface area contributed by atoms with E-state index in [-0.39, 0.29) is 5.91 Å². The number of nitrogens with one attached hydrogen (secondary N) is 2. The lowest BCUT2D eigenvalue weighted by Crippen LogP contribution is -2.39. The molecule has 2 heterocycles. The molecule has 0 spiro atoms. The van der Waals surface area contributed by atoms with Crippen LogP contribution in [0.15, 0.2) is 73.3 Å². The lowest BCUT2D eigenvalue weighted by Gasteiger charge is -2.19. The van der Waals surface area contributed by atoms with E-state index in [1.807, 2.05) is 54.7 Å². The van der Waals surface area contributed by atoms with Gasteiger partial charge in [-0.3, -0.25) is 14.8 Å². The summed E-state index contributed by atoms with van der Waals surface area (Å²) in [6.07, 6.45) is 8.68. The van der Waals surface area contributed by atoms with Gasteiger partial charge in [0, 0.05) is 37.9 Å². The maximum absolute atomic E-state index is 12.9. The van der Waals surface area contributed by atoms with Gasteiger partial charge < -0.3 is 15.4 Å². The molecule has 0 aliphatic carbocycles. The Morgan fingerprint density at radius 2 is 1.69 bits per heavy atom. The quantitative estimate of drug-likeness (QED) is 0.557. The Kier molecular flexibility index (Phi) is 7.72. The molecule has 150 valence electrons. The molecule has 0 aliphatic rings. The van der Waals surface area contributed by atoms with Crippen LogP contribution in [0.5, 0.6) is 5.75 Å². The van der Waals surface area contributed by atoms with Crippen LogP contribution in [0.3, 0.4) is 0 Å². The molecule has 0 aliphatic heterocycles. The van der Waals surface area contributed by atoms with Gasteiger partial charge in [-0.2, -0.15) is 0 Å². The van der Waals surface area contributed by atoms with Gasteiger partial charge in [-0.1, -0.05) is 18.2 Å². The van der Waals surface area contributed by atoms with Crippen LogP contribution in [0.25, 0.3) is 0 Å². The van der Waals surface area contributed by atoms with Crippen LogP contribution < -0.4 is 15.4 Å². The molecule has 3 rings (SSSR count). The number of amides is 1. The highest BCUT2D eigenvalue weighted by molar-refractivity contribution is 5.83. The predicted molar refractivity (Wildman–Crippen MR) is 113 cm³/mol. The zero-order valence-corrected chi connectivity index (χ0v) is 16.5. The molecule has 2 aromatic heterocycles. The van der Waals surface area contributed by atoms with Crippen LogP contribution in [-0.2, 0) is 17.6 Å². The number of carbonyl (C=O) groups excluding carboxylic acids is 1. The van der Waals surface area contributed by atoms with Gasteiger partial charge in [0.05, 0.1) is 7.11 Å². The average molecular weight is 390 g/mol. The average Bonchev–Trinajstić information content (AvgIpc) is 2.78. The van der Waals surface area contributed by atoms with E-state index < -0.39 is 6.04 Å². The van der Waals surface area contributed by atoms with Crippen molar-refractivity contribution in [1.82, 2.24) is 20.6 Å². The molecule has 0 saturated carbocycles. The first-order valence-electron chi connectivity index (χ1n) is 9.69. The largest absolute Gasteiger partial charge is 0.497 e. The van der Waals surface area contributed by atoms with Crippen LogP contribution in [0, 0.1) is 0 Å². The first-order chi connectivity index (χ1) is 14.3. The standard InChI is InChI=1S/C23H26N4O2/c1-29-21-6-4-20(5-7-21)22(26-15-10-18-8-13-24-14-9-18)23(28)27-16-11-19-3-2-12-25-17-19/h2-9,12-14,17,22,26H,10-11,15-16H2,1H3,(H,27,28). The molecule has 6 heteroatoms. The highest BCUT2D eigenvalue weighted by atomic mass is 16.5. The number of rotatable bonds is 10. The Hall–Kier alpha value is -3.25. The molecule has 0 fully saturated rings. The van der Waals surface area contributed by atoms with Gasteiger partial charge in [0.15, 0.2) is 0 Å². The van der Waals surface area contributed by atoms with Crippen molar-refractivity contribution in [1.29, 1.82) is 0 Å². The Morgan fingerprint density at radius 3 is 2.38 bits per heavy atom. The fourth-order valence-corrected chi connectivity index (χ4v) is 3.05. The van der Waals surface area contributed by atoms with Crippen LogP contribution in [0.1, 0.15) is 22.7 Å². The summed E-state index contributed by atoms with van der Waals surface area (Å²) >= 11 is 0. The van der Waals surface area contributed by atoms with Crippen molar-refractivity contribution in [2.24, 2.45) is 0 Å². The number of pyridine rings is 2. The summed E-state index contributed by atoms with van der Waals surface area (Å²) < 4.78 is 5.23. The summed E-state index contributed by atoms with van der Waals surface area (Å²) in [5, 5.41) is 6.42. The lowest BCUT2D eigenvalue weighted by molar-refractivity contribution is -0.123. The molecule has 1 amide bonds. The second kappa shape index (κ2) is 10.9. The van der Waals surface area contributed by atoms with Crippen molar-refractivity contribution in [2.45, 2.75) is 18.9 Å². The van der Waals surface area contributed by atoms with E-state index in [4.69, 9.17) is 4.74 Å². The highest BCUT2D eigenvalue weighted by Gasteiger charge is 2.19. The number of hydrogen-bond donors (Lipinski definition) is 2. The van der Waals surface area contributed by atoms with Crippen molar-refractivity contribution >= 4 is 5.91 Å². The predicted octanol–water partition coefficient (Wildman–Crippen LogP) is 2.72. The highest BCUT2D eigenvalue weighted by Crippen LogP contribution is 2.18. The second-order valence-corrected chi connectivity index (χ2v) is 6.67. The number of carbonyl (C=O) groups is 1. The zero-order chi connectivity index (χ0) is 20.3. The number of aromatic nitrogens is 2. The third-order valence-electron chi connectivity index (χ3n) is 4.66. The van der Waals surface area contributed by atoms with Crippen LogP contribution in [-0.4, -0.2) is 36.1 Å². The van der Waals surface area contributed by atoms with E-state index in [0.717, 1.165) is 29.7 Å². The molecule has 2 N–H and O–H groups in total. The molecule has 1 aromatic carbocycles. The number of hydrogen-bond acceptors (Lipinski definition) is 5. The number of ether oxygens (including phenoxy) is 1. The van der Waals surface area contributed by atoms with Gasteiger partial charge in [0.1, 0.15) is 11.8 Å². The Bertz CT molecular complexity index is 870. The van der Waals surface area contributed by atoms with Gasteiger partial charge in [0.25, 0.3) is 0 Å². The molecule has 1 unspecified atom stereocenters. The molecule has 0 saturated heterocycles. The minimum atomic E-state index is -0.434. The summed E-state index contributed by atoms with van der Waals surface area (Å²) in [5.74, 6) is 0.718. The van der Waals surface area contributed by atoms with Crippen LogP contribution >= 0.6 is 0 Å². The smallest absolute Gasteiger partial charge is 0.241 e. The third-order valence-corrected chi connectivity index (χ3v) is 4.66. The van der Waals surface area contributed by atoms with Crippen LogP contribution in [0.2, 0.25) is 0 Å². The van der Waals surface area contributed by atoms with E-state index in [2.05, 4.69) is 20.6 Å². The van der Waals surface area contributed by atoms with Crippen molar-refractivity contribution in [3.8, 4) is 5.75 Å². The maximum atomic E-state index is 12.9. The number of nitrogens with zero attached hydrogens (tertiary/aromatic N) is 2. The lowest BCUT2D eigenvalue weighted by atomic mass is 10.0. The number of methoxy groups -OCH3 is 1.